The highest BCUT2D eigenvalue weighted by molar-refractivity contribution is 9.10. The lowest BCUT2D eigenvalue weighted by molar-refractivity contribution is -0.204. The van der Waals surface area contributed by atoms with Crippen molar-refractivity contribution >= 4 is 21.5 Å². The van der Waals surface area contributed by atoms with Gasteiger partial charge in [0.15, 0.2) is 0 Å². The zero-order valence-corrected chi connectivity index (χ0v) is 18.6. The van der Waals surface area contributed by atoms with Crippen molar-refractivity contribution in [2.24, 2.45) is 0 Å². The fourth-order valence-electron chi connectivity index (χ4n) is 3.43. The van der Waals surface area contributed by atoms with Crippen molar-refractivity contribution in [3.63, 3.8) is 0 Å². The fraction of sp³-hybridized carbons (Fsp3) is 0.583. The molecular formula is C24H34BrFO2. The Morgan fingerprint density at radius 3 is 2.07 bits per heavy atom. The first-order valence-corrected chi connectivity index (χ1v) is 11.5. The van der Waals surface area contributed by atoms with Gasteiger partial charge in [-0.15, -0.1) is 0 Å². The lowest BCUT2D eigenvalue weighted by atomic mass is 9.95. The molecule has 0 aromatic heterocycles. The molecule has 0 bridgehead atoms. The van der Waals surface area contributed by atoms with E-state index in [1.807, 2.05) is 30.3 Å². The molecule has 1 aliphatic carbocycles. The molecule has 0 saturated heterocycles. The van der Waals surface area contributed by atoms with Crippen LogP contribution in [0, 0.1) is 0 Å². The largest absolute Gasteiger partial charge is 0.359 e. The van der Waals surface area contributed by atoms with Crippen LogP contribution in [-0.4, -0.2) is 22.1 Å². The average molecular weight is 453 g/mol. The summed E-state index contributed by atoms with van der Waals surface area (Å²) in [5.41, 5.74) is 1.61. The Morgan fingerprint density at radius 1 is 0.929 bits per heavy atom. The van der Waals surface area contributed by atoms with Crippen LogP contribution in [-0.2, 0) is 4.74 Å². The lowest BCUT2D eigenvalue weighted by Crippen LogP contribution is -2.48. The van der Waals surface area contributed by atoms with Crippen molar-refractivity contribution in [1.29, 1.82) is 0 Å². The van der Waals surface area contributed by atoms with Crippen LogP contribution in [0.25, 0.3) is 5.57 Å². The maximum absolute atomic E-state index is 15.1. The molecule has 2 unspecified atom stereocenters. The van der Waals surface area contributed by atoms with Crippen LogP contribution in [0.3, 0.4) is 0 Å². The number of alkyl halides is 2. The molecule has 0 fully saturated rings. The Labute approximate surface area is 178 Å². The van der Waals surface area contributed by atoms with E-state index in [-0.39, 0.29) is 0 Å². The Bertz CT molecular complexity index is 627. The summed E-state index contributed by atoms with van der Waals surface area (Å²) >= 11 is 3.01. The number of allylic oxidation sites excluding steroid dienone is 2. The van der Waals surface area contributed by atoms with Crippen molar-refractivity contribution in [2.45, 2.75) is 81.5 Å². The molecule has 1 N–H and O–H groups in total. The SMILES string of the molecule is CCCCCCCCCCCCOC1(O)C=CC(c2ccccc2)=CC1(F)Br. The second kappa shape index (κ2) is 11.9. The lowest BCUT2D eigenvalue weighted by Gasteiger charge is -2.36. The van der Waals surface area contributed by atoms with Gasteiger partial charge in [0.05, 0.1) is 6.61 Å². The summed E-state index contributed by atoms with van der Waals surface area (Å²) < 4.78 is 18.5. The summed E-state index contributed by atoms with van der Waals surface area (Å²) in [4.78, 5) is 0. The fourth-order valence-corrected chi connectivity index (χ4v) is 3.93. The standard InChI is InChI=1S/C24H34BrFO2/c1-2-3-4-5-6-7-8-9-10-14-19-28-24(27)18-17-22(20-23(24,25)26)21-15-12-11-13-16-21/h11-13,15-18,20,27H,2-10,14,19H2,1H3. The quantitative estimate of drug-likeness (QED) is 0.193. The van der Waals surface area contributed by atoms with Crippen molar-refractivity contribution in [1.82, 2.24) is 0 Å². The average Bonchev–Trinajstić information content (AvgIpc) is 2.69. The highest BCUT2D eigenvalue weighted by Crippen LogP contribution is 2.42. The number of hydrogen-bond acceptors (Lipinski definition) is 2. The summed E-state index contributed by atoms with van der Waals surface area (Å²) in [7, 11) is 0. The Balaban J connectivity index is 1.67. The monoisotopic (exact) mass is 452 g/mol. The predicted molar refractivity (Wildman–Crippen MR) is 119 cm³/mol. The molecule has 0 spiro atoms. The van der Waals surface area contributed by atoms with Gasteiger partial charge in [0, 0.05) is 0 Å². The number of ether oxygens (including phenoxy) is 1. The number of halogens is 2. The van der Waals surface area contributed by atoms with Gasteiger partial charge in [-0.2, -0.15) is 0 Å². The molecular weight excluding hydrogens is 419 g/mol. The van der Waals surface area contributed by atoms with Crippen LogP contribution in [0.1, 0.15) is 76.7 Å². The molecule has 0 amide bonds. The van der Waals surface area contributed by atoms with E-state index in [0.29, 0.717) is 12.2 Å². The van der Waals surface area contributed by atoms with E-state index < -0.39 is 10.4 Å². The van der Waals surface area contributed by atoms with Gasteiger partial charge in [-0.05, 0) is 45.6 Å². The van der Waals surface area contributed by atoms with Crippen LogP contribution >= 0.6 is 15.9 Å². The van der Waals surface area contributed by atoms with Gasteiger partial charge in [-0.1, -0.05) is 101 Å². The van der Waals surface area contributed by atoms with Gasteiger partial charge in [-0.25, -0.2) is 4.39 Å². The van der Waals surface area contributed by atoms with Crippen molar-refractivity contribution < 1.29 is 14.2 Å². The molecule has 0 aliphatic heterocycles. The molecule has 0 heterocycles. The summed E-state index contributed by atoms with van der Waals surface area (Å²) in [6, 6.07) is 9.54. The molecule has 1 aliphatic rings. The molecule has 1 aromatic carbocycles. The number of aliphatic hydroxyl groups is 1. The molecule has 156 valence electrons. The molecule has 28 heavy (non-hydrogen) atoms. The molecule has 2 nitrogen and oxygen atoms in total. The highest BCUT2D eigenvalue weighted by Gasteiger charge is 2.49. The first-order chi connectivity index (χ1) is 13.5. The topological polar surface area (TPSA) is 29.5 Å². The van der Waals surface area contributed by atoms with Crippen molar-refractivity contribution in [3.8, 4) is 0 Å². The van der Waals surface area contributed by atoms with Gasteiger partial charge < -0.3 is 9.84 Å². The Hall–Kier alpha value is -0.970. The number of rotatable bonds is 13. The first kappa shape index (κ1) is 23.3. The van der Waals surface area contributed by atoms with Gasteiger partial charge >= 0.3 is 0 Å². The van der Waals surface area contributed by atoms with E-state index in [1.165, 1.54) is 63.5 Å². The summed E-state index contributed by atoms with van der Waals surface area (Å²) in [6.45, 7) is 2.58. The van der Waals surface area contributed by atoms with Crippen LogP contribution in [0.15, 0.2) is 48.6 Å². The third-order valence-corrected chi connectivity index (χ3v) is 6.03. The van der Waals surface area contributed by atoms with Crippen molar-refractivity contribution in [3.05, 3.63) is 54.1 Å². The summed E-state index contributed by atoms with van der Waals surface area (Å²) in [6.07, 6.45) is 16.7. The van der Waals surface area contributed by atoms with E-state index in [4.69, 9.17) is 4.74 Å². The molecule has 2 rings (SSSR count). The summed E-state index contributed by atoms with van der Waals surface area (Å²) in [5.74, 6) is -1.98. The highest BCUT2D eigenvalue weighted by atomic mass is 79.9. The van der Waals surface area contributed by atoms with E-state index in [0.717, 1.165) is 18.4 Å². The van der Waals surface area contributed by atoms with E-state index >= 15 is 4.39 Å². The minimum Gasteiger partial charge on any atom is -0.359 e. The first-order valence-electron chi connectivity index (χ1n) is 10.7. The second-order valence-electron chi connectivity index (χ2n) is 7.65. The van der Waals surface area contributed by atoms with Gasteiger partial charge in [0.2, 0.25) is 10.4 Å². The maximum Gasteiger partial charge on any atom is 0.241 e. The molecule has 4 heteroatoms. The summed E-state index contributed by atoms with van der Waals surface area (Å²) in [5, 5.41) is 10.6. The van der Waals surface area contributed by atoms with Gasteiger partial charge in [0.25, 0.3) is 0 Å². The van der Waals surface area contributed by atoms with Crippen molar-refractivity contribution in [2.75, 3.05) is 6.61 Å². The minimum atomic E-state index is -2.15. The Kier molecular flexibility index (Phi) is 9.90. The zero-order valence-electron chi connectivity index (χ0n) is 17.0. The van der Waals surface area contributed by atoms with Gasteiger partial charge in [0.1, 0.15) is 0 Å². The molecule has 0 saturated carbocycles. The Morgan fingerprint density at radius 2 is 1.50 bits per heavy atom. The van der Waals surface area contributed by atoms with E-state index in [1.54, 1.807) is 6.08 Å². The zero-order chi connectivity index (χ0) is 20.3. The van der Waals surface area contributed by atoms with Crippen LogP contribution in [0.5, 0.6) is 0 Å². The second-order valence-corrected chi connectivity index (χ2v) is 8.80. The normalized spacial score (nSPS) is 24.4. The molecule has 1 aromatic rings. The minimum absolute atomic E-state index is 0.336. The maximum atomic E-state index is 15.1. The van der Waals surface area contributed by atoms with Crippen LogP contribution in [0.4, 0.5) is 4.39 Å². The molecule has 0 radical (unpaired) electrons. The van der Waals surface area contributed by atoms with Crippen LogP contribution in [0.2, 0.25) is 0 Å². The smallest absolute Gasteiger partial charge is 0.241 e. The van der Waals surface area contributed by atoms with Gasteiger partial charge in [-0.3, -0.25) is 0 Å². The third kappa shape index (κ3) is 7.13. The van der Waals surface area contributed by atoms with E-state index in [9.17, 15) is 5.11 Å². The third-order valence-electron chi connectivity index (χ3n) is 5.23. The number of hydrogen-bond donors (Lipinski definition) is 1. The number of benzene rings is 1. The predicted octanol–water partition coefficient (Wildman–Crippen LogP) is 7.33. The van der Waals surface area contributed by atoms with Crippen LogP contribution < -0.4 is 0 Å². The number of unbranched alkanes of at least 4 members (excludes halogenated alkanes) is 9. The molecule has 2 atom stereocenters. The van der Waals surface area contributed by atoms with E-state index in [2.05, 4.69) is 22.9 Å².